The fourth-order valence-corrected chi connectivity index (χ4v) is 3.21. The molecule has 0 aromatic carbocycles. The van der Waals surface area contributed by atoms with Crippen LogP contribution in [-0.4, -0.2) is 31.6 Å². The number of hydrogen-bond acceptors (Lipinski definition) is 4. The van der Waals surface area contributed by atoms with Crippen LogP contribution in [0.15, 0.2) is 9.95 Å². The van der Waals surface area contributed by atoms with E-state index in [0.717, 1.165) is 31.0 Å². The first kappa shape index (κ1) is 13.2. The molecule has 6 nitrogen and oxygen atoms in total. The molecular weight excluding hydrogens is 254 g/mol. The molecule has 100 valence electrons. The van der Waals surface area contributed by atoms with E-state index in [0.29, 0.717) is 11.1 Å². The Balaban J connectivity index is 2.22. The fraction of sp³-hybridized carbons (Fsp3) is 0.727. The minimum atomic E-state index is -0.904. The van der Waals surface area contributed by atoms with Crippen LogP contribution in [0.1, 0.15) is 38.6 Å². The van der Waals surface area contributed by atoms with E-state index in [1.54, 1.807) is 4.57 Å². The van der Waals surface area contributed by atoms with Crippen molar-refractivity contribution in [3.8, 4) is 0 Å². The predicted octanol–water partition coefficient (Wildman–Crippen LogP) is 1.50. The molecule has 1 aromatic heterocycles. The molecule has 0 spiro atoms. The van der Waals surface area contributed by atoms with Gasteiger partial charge in [0.05, 0.1) is 5.75 Å². The molecule has 1 saturated carbocycles. The van der Waals surface area contributed by atoms with Gasteiger partial charge in [-0.1, -0.05) is 31.5 Å². The van der Waals surface area contributed by atoms with Crippen LogP contribution >= 0.6 is 11.8 Å². The second-order valence-corrected chi connectivity index (χ2v) is 5.64. The molecular formula is C11H17N3O3S. The maximum atomic E-state index is 11.8. The molecule has 2 unspecified atom stereocenters. The van der Waals surface area contributed by atoms with Gasteiger partial charge in [-0.15, -0.1) is 5.10 Å². The smallest absolute Gasteiger partial charge is 0.344 e. The monoisotopic (exact) mass is 271 g/mol. The second-order valence-electron chi connectivity index (χ2n) is 4.69. The lowest BCUT2D eigenvalue weighted by Gasteiger charge is -2.29. The van der Waals surface area contributed by atoms with Crippen LogP contribution in [-0.2, 0) is 4.79 Å². The van der Waals surface area contributed by atoms with Crippen LogP contribution in [0, 0.1) is 5.92 Å². The lowest BCUT2D eigenvalue weighted by Crippen LogP contribution is -2.29. The molecule has 1 heterocycles. The van der Waals surface area contributed by atoms with Gasteiger partial charge < -0.3 is 5.11 Å². The zero-order valence-electron chi connectivity index (χ0n) is 10.3. The second kappa shape index (κ2) is 5.60. The van der Waals surface area contributed by atoms with Gasteiger partial charge in [-0.3, -0.25) is 9.36 Å². The van der Waals surface area contributed by atoms with E-state index in [9.17, 15) is 9.59 Å². The zero-order chi connectivity index (χ0) is 13.1. The minimum Gasteiger partial charge on any atom is -0.481 e. The summed E-state index contributed by atoms with van der Waals surface area (Å²) in [5.41, 5.74) is -0.235. The zero-order valence-corrected chi connectivity index (χ0v) is 11.1. The van der Waals surface area contributed by atoms with Crippen LogP contribution in [0.25, 0.3) is 0 Å². The van der Waals surface area contributed by atoms with E-state index in [1.165, 1.54) is 6.42 Å². The molecule has 1 aliphatic rings. The molecule has 2 N–H and O–H groups in total. The highest BCUT2D eigenvalue weighted by atomic mass is 32.2. The molecule has 0 amide bonds. The van der Waals surface area contributed by atoms with Crippen molar-refractivity contribution < 1.29 is 9.90 Å². The Bertz CT molecular complexity index is 482. The SMILES string of the molecule is CC1CCCCC1n1c(SCC(=O)O)n[nH]c1=O. The van der Waals surface area contributed by atoms with Gasteiger partial charge in [-0.05, 0) is 18.8 Å². The molecule has 1 aromatic rings. The van der Waals surface area contributed by atoms with Crippen LogP contribution < -0.4 is 5.69 Å². The maximum absolute atomic E-state index is 11.8. The molecule has 2 atom stereocenters. The molecule has 18 heavy (non-hydrogen) atoms. The summed E-state index contributed by atoms with van der Waals surface area (Å²) in [5.74, 6) is -0.553. The topological polar surface area (TPSA) is 88.0 Å². The van der Waals surface area contributed by atoms with E-state index < -0.39 is 5.97 Å². The Morgan fingerprint density at radius 1 is 1.56 bits per heavy atom. The van der Waals surface area contributed by atoms with Gasteiger partial charge in [-0.25, -0.2) is 9.89 Å². The first-order valence-corrected chi connectivity index (χ1v) is 7.09. The van der Waals surface area contributed by atoms with Crippen molar-refractivity contribution in [3.63, 3.8) is 0 Å². The van der Waals surface area contributed by atoms with Crippen molar-refractivity contribution >= 4 is 17.7 Å². The van der Waals surface area contributed by atoms with Crippen LogP contribution in [0.4, 0.5) is 0 Å². The number of carbonyl (C=O) groups is 1. The highest BCUT2D eigenvalue weighted by molar-refractivity contribution is 7.99. The average Bonchev–Trinajstić information content (AvgIpc) is 2.69. The van der Waals surface area contributed by atoms with Crippen LogP contribution in [0.5, 0.6) is 0 Å². The maximum Gasteiger partial charge on any atom is 0.344 e. The van der Waals surface area contributed by atoms with Crippen LogP contribution in [0.2, 0.25) is 0 Å². The number of nitrogens with zero attached hydrogens (tertiary/aromatic N) is 2. The number of aromatic nitrogens is 3. The Morgan fingerprint density at radius 2 is 2.28 bits per heavy atom. The molecule has 1 fully saturated rings. The van der Waals surface area contributed by atoms with Gasteiger partial charge in [0.1, 0.15) is 0 Å². The van der Waals surface area contributed by atoms with Crippen molar-refractivity contribution in [3.05, 3.63) is 10.5 Å². The van der Waals surface area contributed by atoms with E-state index in [4.69, 9.17) is 5.11 Å². The number of aromatic amines is 1. The molecule has 0 bridgehead atoms. The Hall–Kier alpha value is -1.24. The number of nitrogens with one attached hydrogen (secondary N) is 1. The van der Waals surface area contributed by atoms with E-state index in [2.05, 4.69) is 17.1 Å². The third-order valence-electron chi connectivity index (χ3n) is 3.39. The number of hydrogen-bond donors (Lipinski definition) is 2. The van der Waals surface area contributed by atoms with Crippen molar-refractivity contribution in [2.75, 3.05) is 5.75 Å². The molecule has 1 aliphatic carbocycles. The number of rotatable bonds is 4. The Labute approximate surface area is 109 Å². The summed E-state index contributed by atoms with van der Waals surface area (Å²) in [7, 11) is 0. The Kier molecular flexibility index (Phi) is 4.11. The normalized spacial score (nSPS) is 24.1. The first-order chi connectivity index (χ1) is 8.59. The summed E-state index contributed by atoms with van der Waals surface area (Å²) in [5, 5.41) is 15.5. The van der Waals surface area contributed by atoms with E-state index in [1.807, 2.05) is 0 Å². The van der Waals surface area contributed by atoms with Crippen molar-refractivity contribution in [2.45, 2.75) is 43.8 Å². The van der Waals surface area contributed by atoms with E-state index in [-0.39, 0.29) is 17.5 Å². The summed E-state index contributed by atoms with van der Waals surface area (Å²) in [6.07, 6.45) is 4.37. The molecule has 7 heteroatoms. The lowest BCUT2D eigenvalue weighted by molar-refractivity contribution is -0.133. The number of H-pyrrole nitrogens is 1. The highest BCUT2D eigenvalue weighted by Gasteiger charge is 2.27. The summed E-state index contributed by atoms with van der Waals surface area (Å²) >= 11 is 1.09. The predicted molar refractivity (Wildman–Crippen MR) is 67.9 cm³/mol. The van der Waals surface area contributed by atoms with E-state index >= 15 is 0 Å². The van der Waals surface area contributed by atoms with Gasteiger partial charge in [0.15, 0.2) is 5.16 Å². The Morgan fingerprint density at radius 3 is 2.94 bits per heavy atom. The van der Waals surface area contributed by atoms with Gasteiger partial charge in [0, 0.05) is 6.04 Å². The highest BCUT2D eigenvalue weighted by Crippen LogP contribution is 2.34. The summed E-state index contributed by atoms with van der Waals surface area (Å²) in [6.45, 7) is 2.13. The summed E-state index contributed by atoms with van der Waals surface area (Å²) in [6, 6.07) is 0.140. The number of thioether (sulfide) groups is 1. The first-order valence-electron chi connectivity index (χ1n) is 6.11. The third kappa shape index (κ3) is 2.77. The number of carboxylic acid groups (broad SMARTS) is 1. The molecule has 0 saturated heterocycles. The quantitative estimate of drug-likeness (QED) is 0.810. The van der Waals surface area contributed by atoms with Gasteiger partial charge in [0.2, 0.25) is 0 Å². The van der Waals surface area contributed by atoms with Gasteiger partial charge in [-0.2, -0.15) is 0 Å². The molecule has 0 aliphatic heterocycles. The van der Waals surface area contributed by atoms with Crippen molar-refractivity contribution in [2.24, 2.45) is 5.92 Å². The number of carboxylic acids is 1. The van der Waals surface area contributed by atoms with Crippen molar-refractivity contribution in [1.29, 1.82) is 0 Å². The third-order valence-corrected chi connectivity index (χ3v) is 4.33. The number of aliphatic carboxylic acids is 1. The largest absolute Gasteiger partial charge is 0.481 e. The van der Waals surface area contributed by atoms with Crippen LogP contribution in [0.3, 0.4) is 0 Å². The standard InChI is InChI=1S/C11H17N3O3S/c1-7-4-2-3-5-8(7)14-10(17)12-13-11(14)18-6-9(15)16/h7-8H,2-6H2,1H3,(H,12,17)(H,15,16). The molecule has 2 rings (SSSR count). The minimum absolute atomic E-state index is 0.0780. The lowest BCUT2D eigenvalue weighted by atomic mass is 9.86. The molecule has 0 radical (unpaired) electrons. The average molecular weight is 271 g/mol. The summed E-state index contributed by atoms with van der Waals surface area (Å²) in [4.78, 5) is 22.4. The van der Waals surface area contributed by atoms with Crippen molar-refractivity contribution in [1.82, 2.24) is 14.8 Å². The summed E-state index contributed by atoms with van der Waals surface area (Å²) < 4.78 is 1.64. The fourth-order valence-electron chi connectivity index (χ4n) is 2.49. The van der Waals surface area contributed by atoms with Gasteiger partial charge >= 0.3 is 11.7 Å². The van der Waals surface area contributed by atoms with Gasteiger partial charge in [0.25, 0.3) is 0 Å².